The molecule has 0 aliphatic heterocycles. The fourth-order valence-corrected chi connectivity index (χ4v) is 3.18. The van der Waals surface area contributed by atoms with Crippen molar-refractivity contribution in [3.63, 3.8) is 0 Å². The number of rotatable bonds is 4. The first-order valence-corrected chi connectivity index (χ1v) is 9.54. The highest BCUT2D eigenvalue weighted by atomic mass is 35.5. The summed E-state index contributed by atoms with van der Waals surface area (Å²) in [5.41, 5.74) is 4.33. The number of hydrogen-bond acceptors (Lipinski definition) is 4. The molecule has 4 aromatic rings. The molecule has 0 unspecified atom stereocenters. The van der Waals surface area contributed by atoms with Crippen molar-refractivity contribution in [3.8, 4) is 0 Å². The van der Waals surface area contributed by atoms with Gasteiger partial charge in [0, 0.05) is 18.1 Å². The average molecular weight is 403 g/mol. The summed E-state index contributed by atoms with van der Waals surface area (Å²) in [7, 11) is 0. The molecule has 0 aliphatic rings. The van der Waals surface area contributed by atoms with Crippen LogP contribution >= 0.6 is 11.6 Å². The zero-order chi connectivity index (χ0) is 20.4. The quantitative estimate of drug-likeness (QED) is 0.461. The number of benzene rings is 2. The van der Waals surface area contributed by atoms with Crippen LogP contribution in [0.1, 0.15) is 16.7 Å². The fraction of sp³-hybridized carbons (Fsp3) is 0.0870. The molecule has 0 saturated carbocycles. The average Bonchev–Trinajstić information content (AvgIpc) is 2.70. The van der Waals surface area contributed by atoms with Crippen LogP contribution in [-0.4, -0.2) is 15.6 Å². The third-order valence-corrected chi connectivity index (χ3v) is 4.80. The number of halogens is 1. The molecule has 5 nitrogen and oxygen atoms in total. The van der Waals surface area contributed by atoms with Gasteiger partial charge in [-0.2, -0.15) is 0 Å². The predicted molar refractivity (Wildman–Crippen MR) is 119 cm³/mol. The van der Waals surface area contributed by atoms with Gasteiger partial charge in [-0.25, -0.2) is 4.98 Å². The molecular weight excluding hydrogens is 384 g/mol. The second kappa shape index (κ2) is 7.89. The second-order valence-electron chi connectivity index (χ2n) is 6.82. The van der Waals surface area contributed by atoms with Gasteiger partial charge in [-0.15, -0.1) is 0 Å². The maximum absolute atomic E-state index is 13.2. The molecule has 6 heteroatoms. The van der Waals surface area contributed by atoms with Crippen LogP contribution in [-0.2, 0) is 0 Å². The van der Waals surface area contributed by atoms with Gasteiger partial charge in [0.15, 0.2) is 5.65 Å². The summed E-state index contributed by atoms with van der Waals surface area (Å²) < 4.78 is 1.43. The molecule has 0 saturated heterocycles. The smallest absolute Gasteiger partial charge is 0.268 e. The van der Waals surface area contributed by atoms with E-state index in [1.165, 1.54) is 4.40 Å². The molecular formula is C23H19ClN4O. The van der Waals surface area contributed by atoms with Crippen LogP contribution in [0.15, 0.2) is 76.6 Å². The SMILES string of the molecule is Cc1ccc(Nc2nc3c(Cl)cccn3c(=O)c2C=Nc2cccc(C)c2)cc1. The van der Waals surface area contributed by atoms with Gasteiger partial charge in [0.25, 0.3) is 5.56 Å². The number of aromatic nitrogens is 2. The number of nitrogens with zero attached hydrogens (tertiary/aromatic N) is 3. The van der Waals surface area contributed by atoms with E-state index in [9.17, 15) is 4.79 Å². The van der Waals surface area contributed by atoms with E-state index in [4.69, 9.17) is 11.6 Å². The van der Waals surface area contributed by atoms with E-state index >= 15 is 0 Å². The molecule has 1 N–H and O–H groups in total. The molecule has 4 rings (SSSR count). The summed E-state index contributed by atoms with van der Waals surface area (Å²) >= 11 is 6.28. The Balaban J connectivity index is 1.86. The Morgan fingerprint density at radius 2 is 1.83 bits per heavy atom. The van der Waals surface area contributed by atoms with E-state index < -0.39 is 0 Å². The van der Waals surface area contributed by atoms with Crippen molar-refractivity contribution >= 4 is 40.7 Å². The number of fused-ring (bicyclic) bond motifs is 1. The van der Waals surface area contributed by atoms with Crippen molar-refractivity contribution in [3.05, 3.63) is 98.9 Å². The largest absolute Gasteiger partial charge is 0.339 e. The van der Waals surface area contributed by atoms with E-state index in [0.717, 1.165) is 22.5 Å². The van der Waals surface area contributed by atoms with E-state index in [0.29, 0.717) is 22.1 Å². The predicted octanol–water partition coefficient (Wildman–Crippen LogP) is 5.46. The van der Waals surface area contributed by atoms with Gasteiger partial charge in [-0.3, -0.25) is 14.2 Å². The lowest BCUT2D eigenvalue weighted by Crippen LogP contribution is -2.21. The zero-order valence-corrected chi connectivity index (χ0v) is 16.8. The molecule has 0 aliphatic carbocycles. The Kier molecular flexibility index (Phi) is 5.14. The molecule has 0 spiro atoms. The van der Waals surface area contributed by atoms with Crippen LogP contribution < -0.4 is 10.9 Å². The highest BCUT2D eigenvalue weighted by Crippen LogP contribution is 2.21. The summed E-state index contributed by atoms with van der Waals surface area (Å²) in [6.07, 6.45) is 3.20. The summed E-state index contributed by atoms with van der Waals surface area (Å²) in [5.74, 6) is 0.406. The monoisotopic (exact) mass is 402 g/mol. The highest BCUT2D eigenvalue weighted by Gasteiger charge is 2.13. The van der Waals surface area contributed by atoms with Gasteiger partial charge < -0.3 is 5.32 Å². The van der Waals surface area contributed by atoms with Crippen molar-refractivity contribution in [2.24, 2.45) is 4.99 Å². The van der Waals surface area contributed by atoms with Gasteiger partial charge >= 0.3 is 0 Å². The molecule has 0 amide bonds. The first-order chi connectivity index (χ1) is 14.0. The van der Waals surface area contributed by atoms with Gasteiger partial charge in [0.1, 0.15) is 11.4 Å². The summed E-state index contributed by atoms with van der Waals surface area (Å²) in [6, 6.07) is 19.0. The topological polar surface area (TPSA) is 58.8 Å². The van der Waals surface area contributed by atoms with Crippen LogP contribution in [0.3, 0.4) is 0 Å². The third kappa shape index (κ3) is 4.05. The van der Waals surface area contributed by atoms with Crippen LogP contribution in [0.25, 0.3) is 5.65 Å². The Morgan fingerprint density at radius 1 is 1.03 bits per heavy atom. The minimum absolute atomic E-state index is 0.247. The maximum atomic E-state index is 13.2. The summed E-state index contributed by atoms with van der Waals surface area (Å²) in [5, 5.41) is 3.63. The summed E-state index contributed by atoms with van der Waals surface area (Å²) in [4.78, 5) is 22.3. The van der Waals surface area contributed by atoms with Crippen molar-refractivity contribution in [1.29, 1.82) is 0 Å². The first kappa shape index (κ1) is 18.9. The first-order valence-electron chi connectivity index (χ1n) is 9.16. The molecule has 2 aromatic carbocycles. The second-order valence-corrected chi connectivity index (χ2v) is 7.22. The number of aliphatic imine (C=N–C) groups is 1. The molecule has 0 radical (unpaired) electrons. The molecule has 144 valence electrons. The van der Waals surface area contributed by atoms with Crippen molar-refractivity contribution < 1.29 is 0 Å². The van der Waals surface area contributed by atoms with Gasteiger partial charge in [0.05, 0.1) is 10.7 Å². The van der Waals surface area contributed by atoms with Gasteiger partial charge in [0.2, 0.25) is 0 Å². The molecule has 0 fully saturated rings. The Morgan fingerprint density at radius 3 is 2.59 bits per heavy atom. The van der Waals surface area contributed by atoms with Crippen molar-refractivity contribution in [2.75, 3.05) is 5.32 Å². The molecule has 2 aromatic heterocycles. The number of anilines is 2. The molecule has 0 atom stereocenters. The third-order valence-electron chi connectivity index (χ3n) is 4.50. The Labute approximate surface area is 173 Å². The number of aryl methyl sites for hydroxylation is 2. The normalized spacial score (nSPS) is 11.3. The molecule has 29 heavy (non-hydrogen) atoms. The van der Waals surface area contributed by atoms with E-state index in [1.807, 2.05) is 62.4 Å². The highest BCUT2D eigenvalue weighted by molar-refractivity contribution is 6.33. The van der Waals surface area contributed by atoms with Crippen LogP contribution in [0, 0.1) is 13.8 Å². The van der Waals surface area contributed by atoms with Crippen LogP contribution in [0.4, 0.5) is 17.2 Å². The lowest BCUT2D eigenvalue weighted by atomic mass is 10.2. The van der Waals surface area contributed by atoms with Gasteiger partial charge in [-0.05, 0) is 55.8 Å². The zero-order valence-electron chi connectivity index (χ0n) is 16.1. The van der Waals surface area contributed by atoms with Crippen LogP contribution in [0.5, 0.6) is 0 Å². The number of hydrogen-bond donors (Lipinski definition) is 1. The fourth-order valence-electron chi connectivity index (χ4n) is 2.97. The Bertz CT molecular complexity index is 1280. The van der Waals surface area contributed by atoms with Crippen LogP contribution in [0.2, 0.25) is 5.02 Å². The van der Waals surface area contributed by atoms with Crippen molar-refractivity contribution in [1.82, 2.24) is 9.38 Å². The van der Waals surface area contributed by atoms with E-state index in [1.54, 1.807) is 24.5 Å². The number of pyridine rings is 1. The number of nitrogens with one attached hydrogen (secondary N) is 1. The lowest BCUT2D eigenvalue weighted by Gasteiger charge is -2.11. The van der Waals surface area contributed by atoms with Gasteiger partial charge in [-0.1, -0.05) is 41.4 Å². The minimum Gasteiger partial charge on any atom is -0.339 e. The lowest BCUT2D eigenvalue weighted by molar-refractivity contribution is 1.04. The van der Waals surface area contributed by atoms with Crippen molar-refractivity contribution in [2.45, 2.75) is 13.8 Å². The van der Waals surface area contributed by atoms with E-state index in [-0.39, 0.29) is 5.56 Å². The minimum atomic E-state index is -0.247. The molecule has 2 heterocycles. The standard InChI is InChI=1S/C23H19ClN4O/c1-15-8-10-17(11-9-15)26-21-19(14-25-18-6-3-5-16(2)13-18)23(29)28-12-4-7-20(24)22(28)27-21/h3-14,26H,1-2H3. The summed E-state index contributed by atoms with van der Waals surface area (Å²) in [6.45, 7) is 4.02. The Hall–Kier alpha value is -3.44. The maximum Gasteiger partial charge on any atom is 0.268 e. The van der Waals surface area contributed by atoms with E-state index in [2.05, 4.69) is 15.3 Å². The molecule has 0 bridgehead atoms.